The fraction of sp³-hybridized carbons (Fsp3) is 0.286. The Morgan fingerprint density at radius 1 is 1.00 bits per heavy atom. The summed E-state index contributed by atoms with van der Waals surface area (Å²) in [6, 6.07) is 18.3. The first-order valence-corrected chi connectivity index (χ1v) is 12.6. The van der Waals surface area contributed by atoms with Crippen LogP contribution in [0.15, 0.2) is 79.1 Å². The average molecular weight is 514 g/mol. The molecule has 1 aliphatic carbocycles. The maximum absolute atomic E-state index is 14.2. The zero-order valence-corrected chi connectivity index (χ0v) is 20.8. The Balaban J connectivity index is 1.45. The number of carbonyl (C=O) groups is 2. The van der Waals surface area contributed by atoms with Gasteiger partial charge in [0.2, 0.25) is 17.6 Å². The molecule has 38 heavy (non-hydrogen) atoms. The maximum atomic E-state index is 14.2. The lowest BCUT2D eigenvalue weighted by Gasteiger charge is -2.32. The number of tetrazole rings is 1. The summed E-state index contributed by atoms with van der Waals surface area (Å²) in [5.41, 5.74) is 1.71. The van der Waals surface area contributed by atoms with Crippen LogP contribution >= 0.6 is 0 Å². The number of amides is 2. The third-order valence-electron chi connectivity index (χ3n) is 6.64. The number of hydrogen-bond acceptors (Lipinski definition) is 6. The second-order valence-corrected chi connectivity index (χ2v) is 9.30. The summed E-state index contributed by atoms with van der Waals surface area (Å²) in [5, 5.41) is 15.3. The van der Waals surface area contributed by atoms with Gasteiger partial charge < -0.3 is 10.2 Å². The van der Waals surface area contributed by atoms with Gasteiger partial charge in [-0.1, -0.05) is 55.3 Å². The molecule has 2 aromatic heterocycles. The number of nitrogens with one attached hydrogen (secondary N) is 1. The van der Waals surface area contributed by atoms with Crippen molar-refractivity contribution in [3.8, 4) is 11.4 Å². The van der Waals surface area contributed by atoms with Crippen molar-refractivity contribution in [3.63, 3.8) is 0 Å². The first-order chi connectivity index (χ1) is 18.6. The van der Waals surface area contributed by atoms with Crippen LogP contribution in [0.4, 0.5) is 4.39 Å². The minimum absolute atomic E-state index is 0.0789. The second-order valence-electron chi connectivity index (χ2n) is 9.30. The summed E-state index contributed by atoms with van der Waals surface area (Å²) in [7, 11) is 0. The monoisotopic (exact) mass is 513 g/mol. The van der Waals surface area contributed by atoms with E-state index in [1.807, 2.05) is 30.3 Å². The van der Waals surface area contributed by atoms with Crippen LogP contribution in [0.1, 0.15) is 42.9 Å². The van der Waals surface area contributed by atoms with Gasteiger partial charge in [0.25, 0.3) is 0 Å². The van der Waals surface area contributed by atoms with Gasteiger partial charge in [0.05, 0.1) is 5.56 Å². The Bertz CT molecular complexity index is 1370. The molecule has 0 unspecified atom stereocenters. The van der Waals surface area contributed by atoms with Crippen LogP contribution in [0.25, 0.3) is 11.4 Å². The average Bonchev–Trinajstić information content (AvgIpc) is 3.62. The van der Waals surface area contributed by atoms with E-state index in [2.05, 4.69) is 25.7 Å². The third-order valence-corrected chi connectivity index (χ3v) is 6.64. The van der Waals surface area contributed by atoms with Crippen molar-refractivity contribution in [2.45, 2.75) is 50.9 Å². The van der Waals surface area contributed by atoms with Crippen LogP contribution < -0.4 is 5.32 Å². The predicted octanol–water partition coefficient (Wildman–Crippen LogP) is 3.70. The van der Waals surface area contributed by atoms with Gasteiger partial charge in [-0.05, 0) is 53.4 Å². The fourth-order valence-electron chi connectivity index (χ4n) is 4.74. The number of carbonyl (C=O) groups excluding carboxylic acids is 2. The van der Waals surface area contributed by atoms with Crippen LogP contribution in [0.2, 0.25) is 0 Å². The Kier molecular flexibility index (Phi) is 7.77. The molecule has 0 spiro atoms. The standard InChI is InChI=1S/C28H28FN7O2/c29-24-13-7-6-12-23(24)27-32-34-36(33-27)19-25(37)35(18-20-8-2-1-3-9-20)26(21-14-16-30-17-15-21)28(38)31-22-10-4-5-11-22/h1-3,6-9,12-17,22,26H,4-5,10-11,18-19H2,(H,31,38)/t26-/m1/s1. The molecule has 1 saturated carbocycles. The molecule has 0 aliphatic heterocycles. The summed E-state index contributed by atoms with van der Waals surface area (Å²) >= 11 is 0. The van der Waals surface area contributed by atoms with E-state index in [1.165, 1.54) is 11.0 Å². The van der Waals surface area contributed by atoms with E-state index in [-0.39, 0.29) is 42.3 Å². The lowest BCUT2D eigenvalue weighted by molar-refractivity contribution is -0.142. The summed E-state index contributed by atoms with van der Waals surface area (Å²) in [5.74, 6) is -1.03. The molecule has 5 rings (SSSR count). The number of pyridine rings is 1. The normalized spacial score (nSPS) is 14.2. The van der Waals surface area contributed by atoms with Gasteiger partial charge in [-0.15, -0.1) is 10.2 Å². The Morgan fingerprint density at radius 3 is 2.45 bits per heavy atom. The zero-order chi connectivity index (χ0) is 26.3. The number of halogens is 1. The quantitative estimate of drug-likeness (QED) is 0.366. The number of nitrogens with zero attached hydrogens (tertiary/aromatic N) is 6. The number of benzene rings is 2. The predicted molar refractivity (Wildman–Crippen MR) is 138 cm³/mol. The highest BCUT2D eigenvalue weighted by molar-refractivity contribution is 5.88. The highest BCUT2D eigenvalue weighted by atomic mass is 19.1. The summed E-state index contributed by atoms with van der Waals surface area (Å²) in [4.78, 5) is 34.3. The van der Waals surface area contributed by atoms with Crippen LogP contribution in [0, 0.1) is 5.82 Å². The lowest BCUT2D eigenvalue weighted by Crippen LogP contribution is -2.46. The van der Waals surface area contributed by atoms with E-state index in [0.717, 1.165) is 36.0 Å². The molecule has 4 aromatic rings. The minimum Gasteiger partial charge on any atom is -0.351 e. The van der Waals surface area contributed by atoms with Gasteiger partial charge in [0.15, 0.2) is 0 Å². The van der Waals surface area contributed by atoms with Gasteiger partial charge in [-0.25, -0.2) is 4.39 Å². The molecule has 1 aliphatic rings. The molecular formula is C28H28FN7O2. The largest absolute Gasteiger partial charge is 0.351 e. The fourth-order valence-corrected chi connectivity index (χ4v) is 4.74. The molecule has 2 heterocycles. The van der Waals surface area contributed by atoms with E-state index in [9.17, 15) is 14.0 Å². The molecule has 9 nitrogen and oxygen atoms in total. The minimum atomic E-state index is -0.888. The van der Waals surface area contributed by atoms with Crippen LogP contribution in [-0.4, -0.2) is 47.9 Å². The van der Waals surface area contributed by atoms with Crippen molar-refractivity contribution in [2.24, 2.45) is 0 Å². The van der Waals surface area contributed by atoms with E-state index in [1.54, 1.807) is 42.7 Å². The maximum Gasteiger partial charge on any atom is 0.247 e. The lowest BCUT2D eigenvalue weighted by atomic mass is 10.0. The Labute approximate surface area is 219 Å². The van der Waals surface area contributed by atoms with Crippen LogP contribution in [0.3, 0.4) is 0 Å². The second kappa shape index (κ2) is 11.7. The van der Waals surface area contributed by atoms with Gasteiger partial charge in [0, 0.05) is 25.0 Å². The number of aromatic nitrogens is 5. The molecule has 0 saturated heterocycles. The van der Waals surface area contributed by atoms with Crippen LogP contribution in [-0.2, 0) is 22.7 Å². The van der Waals surface area contributed by atoms with Crippen molar-refractivity contribution in [1.29, 1.82) is 0 Å². The third kappa shape index (κ3) is 5.91. The van der Waals surface area contributed by atoms with Gasteiger partial charge in [-0.2, -0.15) is 4.80 Å². The van der Waals surface area contributed by atoms with E-state index in [4.69, 9.17) is 0 Å². The summed E-state index contributed by atoms with van der Waals surface area (Å²) < 4.78 is 14.2. The van der Waals surface area contributed by atoms with E-state index >= 15 is 0 Å². The highest BCUT2D eigenvalue weighted by Gasteiger charge is 2.33. The smallest absolute Gasteiger partial charge is 0.247 e. The first kappa shape index (κ1) is 25.2. The Morgan fingerprint density at radius 2 is 1.71 bits per heavy atom. The van der Waals surface area contributed by atoms with Crippen molar-refractivity contribution in [2.75, 3.05) is 0 Å². The molecule has 1 fully saturated rings. The van der Waals surface area contributed by atoms with Crippen molar-refractivity contribution in [1.82, 2.24) is 35.4 Å². The number of rotatable bonds is 9. The van der Waals surface area contributed by atoms with Gasteiger partial charge in [-0.3, -0.25) is 14.6 Å². The molecule has 194 valence electrons. The zero-order valence-electron chi connectivity index (χ0n) is 20.8. The van der Waals surface area contributed by atoms with Crippen molar-refractivity contribution in [3.05, 3.63) is 96.1 Å². The van der Waals surface area contributed by atoms with E-state index in [0.29, 0.717) is 5.56 Å². The van der Waals surface area contributed by atoms with Gasteiger partial charge in [0.1, 0.15) is 18.4 Å². The highest BCUT2D eigenvalue weighted by Crippen LogP contribution is 2.26. The van der Waals surface area contributed by atoms with E-state index < -0.39 is 11.9 Å². The molecular weight excluding hydrogens is 485 g/mol. The van der Waals surface area contributed by atoms with Crippen molar-refractivity contribution < 1.29 is 14.0 Å². The summed E-state index contributed by atoms with van der Waals surface area (Å²) in [6.45, 7) is -0.0772. The van der Waals surface area contributed by atoms with Crippen LogP contribution in [0.5, 0.6) is 0 Å². The topological polar surface area (TPSA) is 106 Å². The van der Waals surface area contributed by atoms with Gasteiger partial charge >= 0.3 is 0 Å². The molecule has 1 atom stereocenters. The molecule has 2 amide bonds. The summed E-state index contributed by atoms with van der Waals surface area (Å²) in [6.07, 6.45) is 7.19. The Hall–Kier alpha value is -4.47. The molecule has 0 bridgehead atoms. The molecule has 0 radical (unpaired) electrons. The molecule has 10 heteroatoms. The number of hydrogen-bond donors (Lipinski definition) is 1. The van der Waals surface area contributed by atoms with Crippen molar-refractivity contribution >= 4 is 11.8 Å². The molecule has 2 aromatic carbocycles. The molecule has 1 N–H and O–H groups in total. The SMILES string of the molecule is O=C(NC1CCCC1)[C@@H](c1ccncc1)N(Cc1ccccc1)C(=O)Cn1nnc(-c2ccccc2F)n1. The first-order valence-electron chi connectivity index (χ1n) is 12.6.